The van der Waals surface area contributed by atoms with Gasteiger partial charge in [-0.1, -0.05) is 191 Å². The van der Waals surface area contributed by atoms with Gasteiger partial charge in [0.15, 0.2) is 0 Å². The molecular formula is C72H54B2N4. The van der Waals surface area contributed by atoms with E-state index in [2.05, 4.69) is 273 Å². The number of nitrogens with one attached hydrogen (secondary N) is 1. The van der Waals surface area contributed by atoms with Crippen LogP contribution in [0.15, 0.2) is 212 Å². The molecule has 0 unspecified atom stereocenters. The Balaban J connectivity index is 1.07. The van der Waals surface area contributed by atoms with Crippen molar-refractivity contribution in [3.63, 3.8) is 0 Å². The van der Waals surface area contributed by atoms with E-state index in [4.69, 9.17) is 0 Å². The first-order chi connectivity index (χ1) is 38.2. The number of aryl methyl sites for hydroxylation is 6. The van der Waals surface area contributed by atoms with Crippen molar-refractivity contribution >= 4 is 107 Å². The number of anilines is 1. The van der Waals surface area contributed by atoms with Crippen LogP contribution in [0.1, 0.15) is 33.4 Å². The molecule has 5 heterocycles. The van der Waals surface area contributed by atoms with Gasteiger partial charge in [0, 0.05) is 77.1 Å². The van der Waals surface area contributed by atoms with Crippen molar-refractivity contribution in [1.82, 2.24) is 13.6 Å². The monoisotopic (exact) mass is 996 g/mol. The molecule has 368 valence electrons. The quantitative estimate of drug-likeness (QED) is 0.171. The Morgan fingerprint density at radius 2 is 0.782 bits per heavy atom. The molecule has 1 N–H and O–H groups in total. The molecule has 0 aliphatic carbocycles. The van der Waals surface area contributed by atoms with Crippen LogP contribution in [0, 0.1) is 41.5 Å². The summed E-state index contributed by atoms with van der Waals surface area (Å²) in [7, 11) is 0. The Labute approximate surface area is 455 Å². The van der Waals surface area contributed by atoms with Gasteiger partial charge in [0.2, 0.25) is 0 Å². The minimum absolute atomic E-state index is 0.135. The number of nitrogens with zero attached hydrogens (tertiary/aromatic N) is 3. The van der Waals surface area contributed by atoms with E-state index in [9.17, 15) is 0 Å². The smallest absolute Gasteiger partial charge is 0.329 e. The molecule has 0 amide bonds. The summed E-state index contributed by atoms with van der Waals surface area (Å²) >= 11 is 0. The Bertz CT molecular complexity index is 4760. The number of para-hydroxylation sites is 5. The molecule has 16 rings (SSSR count). The van der Waals surface area contributed by atoms with Crippen molar-refractivity contribution in [3.8, 4) is 44.8 Å². The average Bonchev–Trinajstić information content (AvgIpc) is 3.76. The first kappa shape index (κ1) is 45.0. The van der Waals surface area contributed by atoms with Gasteiger partial charge in [-0.2, -0.15) is 0 Å². The van der Waals surface area contributed by atoms with Crippen LogP contribution < -0.4 is 27.1 Å². The van der Waals surface area contributed by atoms with Crippen LogP contribution in [0.2, 0.25) is 0 Å². The highest BCUT2D eigenvalue weighted by molar-refractivity contribution is 6.91. The molecule has 0 fully saturated rings. The third-order valence-corrected chi connectivity index (χ3v) is 17.7. The van der Waals surface area contributed by atoms with Gasteiger partial charge >= 0.3 is 13.7 Å². The molecule has 2 aliphatic heterocycles. The summed E-state index contributed by atoms with van der Waals surface area (Å²) in [5.41, 5.74) is 31.3. The number of hydrogen-bond donors (Lipinski definition) is 1. The molecule has 6 heteroatoms. The van der Waals surface area contributed by atoms with Crippen LogP contribution in [0.5, 0.6) is 0 Å². The molecule has 78 heavy (non-hydrogen) atoms. The highest BCUT2D eigenvalue weighted by Crippen LogP contribution is 2.55. The van der Waals surface area contributed by atoms with Crippen LogP contribution >= 0.6 is 0 Å². The lowest BCUT2D eigenvalue weighted by molar-refractivity contribution is 1.18. The van der Waals surface area contributed by atoms with E-state index >= 15 is 0 Å². The van der Waals surface area contributed by atoms with Crippen LogP contribution in [0.4, 0.5) is 5.69 Å². The van der Waals surface area contributed by atoms with Crippen LogP contribution in [-0.4, -0.2) is 27.3 Å². The third kappa shape index (κ3) is 6.20. The second-order valence-electron chi connectivity index (χ2n) is 22.4. The molecule has 11 aromatic carbocycles. The van der Waals surface area contributed by atoms with Gasteiger partial charge in [-0.25, -0.2) is 0 Å². The van der Waals surface area contributed by atoms with E-state index in [1.165, 1.54) is 160 Å². The van der Waals surface area contributed by atoms with Crippen molar-refractivity contribution in [2.75, 3.05) is 5.23 Å². The van der Waals surface area contributed by atoms with Gasteiger partial charge in [0.1, 0.15) is 0 Å². The summed E-state index contributed by atoms with van der Waals surface area (Å²) in [5.74, 6) is 0. The molecule has 3 aromatic heterocycles. The van der Waals surface area contributed by atoms with Gasteiger partial charge in [0.25, 0.3) is 0 Å². The largest absolute Gasteiger partial charge is 0.419 e. The van der Waals surface area contributed by atoms with Crippen molar-refractivity contribution in [2.24, 2.45) is 0 Å². The number of hydrogen-bond acceptors (Lipinski definition) is 1. The molecule has 0 bridgehead atoms. The molecule has 0 saturated carbocycles. The van der Waals surface area contributed by atoms with Crippen LogP contribution in [0.3, 0.4) is 0 Å². The van der Waals surface area contributed by atoms with E-state index in [1.54, 1.807) is 0 Å². The zero-order valence-electron chi connectivity index (χ0n) is 44.7. The van der Waals surface area contributed by atoms with Gasteiger partial charge in [-0.15, -0.1) is 0 Å². The van der Waals surface area contributed by atoms with E-state index in [0.29, 0.717) is 0 Å². The predicted molar refractivity (Wildman–Crippen MR) is 335 cm³/mol. The summed E-state index contributed by atoms with van der Waals surface area (Å²) in [5, 5.41) is 12.1. The number of aromatic nitrogens is 3. The fourth-order valence-corrected chi connectivity index (χ4v) is 14.9. The number of fused-ring (bicyclic) bond motifs is 15. The maximum absolute atomic E-state index is 4.50. The van der Waals surface area contributed by atoms with Gasteiger partial charge in [-0.05, 0) is 135 Å². The van der Waals surface area contributed by atoms with E-state index < -0.39 is 0 Å². The molecule has 2 aliphatic rings. The topological polar surface area (TPSA) is 26.8 Å². The Morgan fingerprint density at radius 1 is 0.359 bits per heavy atom. The summed E-state index contributed by atoms with van der Waals surface area (Å²) in [6.07, 6.45) is 0. The first-order valence-corrected chi connectivity index (χ1v) is 27.6. The minimum atomic E-state index is -0.159. The van der Waals surface area contributed by atoms with Crippen molar-refractivity contribution in [3.05, 3.63) is 246 Å². The fraction of sp³-hybridized carbons (Fsp3) is 0.0833. The van der Waals surface area contributed by atoms with Crippen LogP contribution in [0.25, 0.3) is 110 Å². The molecule has 0 atom stereocenters. The molecular weight excluding hydrogens is 942 g/mol. The maximum atomic E-state index is 4.50. The number of rotatable bonds is 5. The fourth-order valence-electron chi connectivity index (χ4n) is 14.9. The Morgan fingerprint density at radius 3 is 1.29 bits per heavy atom. The SMILES string of the molecule is Cc1cc(C)c(B2Nc3c(-c4ccccc4)c4c5c(c3-c3ccc(-n6c7ccccc7c7ccccc76)cc32)c2ccccc2n5B(c2c(C)cc(C)cc2C)c2cc(-n3c5ccccc5c5ccccc53)ccc2-4)c(C)c1. The summed E-state index contributed by atoms with van der Waals surface area (Å²) in [4.78, 5) is 0. The lowest BCUT2D eigenvalue weighted by atomic mass is 9.44. The molecule has 0 spiro atoms. The maximum Gasteiger partial charge on any atom is 0.329 e. The highest BCUT2D eigenvalue weighted by atomic mass is 15.0. The third-order valence-electron chi connectivity index (χ3n) is 17.7. The molecule has 14 aromatic rings. The predicted octanol–water partition coefficient (Wildman–Crippen LogP) is 15.3. The Kier molecular flexibility index (Phi) is 9.59. The summed E-state index contributed by atoms with van der Waals surface area (Å²) < 4.78 is 7.72. The lowest BCUT2D eigenvalue weighted by Gasteiger charge is -2.36. The van der Waals surface area contributed by atoms with Gasteiger partial charge in [0.05, 0.1) is 22.1 Å². The van der Waals surface area contributed by atoms with E-state index in [-0.39, 0.29) is 13.7 Å². The van der Waals surface area contributed by atoms with Crippen molar-refractivity contribution in [2.45, 2.75) is 41.5 Å². The average molecular weight is 997 g/mol. The Hall–Kier alpha value is -9.25. The van der Waals surface area contributed by atoms with E-state index in [1.807, 2.05) is 0 Å². The normalized spacial score (nSPS) is 12.8. The summed E-state index contributed by atoms with van der Waals surface area (Å²) in [6, 6.07) is 80.3. The standard InChI is InChI=1S/C72H54B2N4/c1-42-36-44(3)69(45(4)37-42)73-58-40-49(76-60-27-15-10-22-51(60)52-23-11-16-28-61(52)76)32-34-55(58)66-68-57-26-14-19-31-64(57)78-72(68)67(65(71(66)75-73)48-20-8-7-9-21-48)56-35-33-50(41-59(56)74(78)70-46(5)38-43(2)39-47(70)6)77-62-29-17-12-24-53(62)54-25-13-18-30-63(54)77/h7-41,75H,1-6H3. The zero-order chi connectivity index (χ0) is 52.2. The highest BCUT2D eigenvalue weighted by Gasteiger charge is 2.43. The second kappa shape index (κ2) is 16.6. The lowest BCUT2D eigenvalue weighted by Crippen LogP contribution is -2.54. The molecule has 0 saturated heterocycles. The van der Waals surface area contributed by atoms with Gasteiger partial charge in [-0.3, -0.25) is 0 Å². The summed E-state index contributed by atoms with van der Waals surface area (Å²) in [6.45, 7) is 13.4. The minimum Gasteiger partial charge on any atom is -0.419 e. The zero-order valence-corrected chi connectivity index (χ0v) is 44.7. The van der Waals surface area contributed by atoms with Crippen molar-refractivity contribution < 1.29 is 0 Å². The van der Waals surface area contributed by atoms with Crippen molar-refractivity contribution in [1.29, 1.82) is 0 Å². The van der Waals surface area contributed by atoms with E-state index in [0.717, 1.165) is 11.4 Å². The molecule has 4 nitrogen and oxygen atoms in total. The number of benzene rings is 11. The first-order valence-electron chi connectivity index (χ1n) is 27.6. The van der Waals surface area contributed by atoms with Gasteiger partial charge < -0.3 is 18.8 Å². The van der Waals surface area contributed by atoms with Crippen LogP contribution in [-0.2, 0) is 0 Å². The second-order valence-corrected chi connectivity index (χ2v) is 22.4. The molecule has 0 radical (unpaired) electrons.